The Labute approximate surface area is 125 Å². The van der Waals surface area contributed by atoms with E-state index in [2.05, 4.69) is 46.1 Å². The van der Waals surface area contributed by atoms with Gasteiger partial charge in [-0.25, -0.2) is 4.98 Å². The zero-order valence-electron chi connectivity index (χ0n) is 12.5. The van der Waals surface area contributed by atoms with Crippen LogP contribution in [0, 0.1) is 12.8 Å². The van der Waals surface area contributed by atoms with Crippen LogP contribution >= 0.6 is 0 Å². The number of aromatic amines is 1. The van der Waals surface area contributed by atoms with Crippen molar-refractivity contribution >= 4 is 0 Å². The van der Waals surface area contributed by atoms with Gasteiger partial charge in [0.15, 0.2) is 0 Å². The maximum absolute atomic E-state index is 10.4. The van der Waals surface area contributed by atoms with Crippen molar-refractivity contribution in [2.24, 2.45) is 5.92 Å². The molecule has 4 heteroatoms. The van der Waals surface area contributed by atoms with E-state index >= 15 is 0 Å². The van der Waals surface area contributed by atoms with Crippen molar-refractivity contribution in [1.29, 1.82) is 0 Å². The topological polar surface area (TPSA) is 52.2 Å². The van der Waals surface area contributed by atoms with Crippen molar-refractivity contribution < 1.29 is 5.11 Å². The Morgan fingerprint density at radius 1 is 1.38 bits per heavy atom. The van der Waals surface area contributed by atoms with E-state index in [9.17, 15) is 5.11 Å². The van der Waals surface area contributed by atoms with E-state index in [1.54, 1.807) is 6.20 Å². The number of aromatic nitrogens is 2. The summed E-state index contributed by atoms with van der Waals surface area (Å²) in [7, 11) is 0. The van der Waals surface area contributed by atoms with Crippen molar-refractivity contribution in [2.75, 3.05) is 13.1 Å². The number of β-amino-alcohol motifs (C(OH)–C–C–N with tert-alkyl or cyclic N) is 1. The molecule has 21 heavy (non-hydrogen) atoms. The average molecular weight is 285 g/mol. The number of nitrogens with one attached hydrogen (secondary N) is 1. The average Bonchev–Trinajstić information content (AvgIpc) is 2.97. The Morgan fingerprint density at radius 3 is 2.95 bits per heavy atom. The molecule has 2 heterocycles. The molecule has 0 bridgehead atoms. The summed E-state index contributed by atoms with van der Waals surface area (Å²) in [6.45, 7) is 4.69. The van der Waals surface area contributed by atoms with Gasteiger partial charge in [-0.3, -0.25) is 4.90 Å². The molecule has 0 unspecified atom stereocenters. The Bertz CT molecular complexity index is 567. The molecule has 1 aromatic carbocycles. The summed E-state index contributed by atoms with van der Waals surface area (Å²) < 4.78 is 0. The number of likely N-dealkylation sites (tertiary alicyclic amines) is 1. The van der Waals surface area contributed by atoms with Crippen LogP contribution in [0.1, 0.15) is 23.4 Å². The van der Waals surface area contributed by atoms with E-state index in [1.807, 2.05) is 6.20 Å². The molecule has 0 saturated carbocycles. The first-order chi connectivity index (χ1) is 10.2. The predicted octanol–water partition coefficient (Wildman–Crippen LogP) is 2.14. The normalized spacial score (nSPS) is 23.3. The van der Waals surface area contributed by atoms with Crippen LogP contribution in [0.2, 0.25) is 0 Å². The predicted molar refractivity (Wildman–Crippen MR) is 82.9 cm³/mol. The molecule has 4 nitrogen and oxygen atoms in total. The molecular formula is C17H23N3O. The summed E-state index contributed by atoms with van der Waals surface area (Å²) in [5.74, 6) is 1.33. The number of hydrogen-bond acceptors (Lipinski definition) is 3. The van der Waals surface area contributed by atoms with Gasteiger partial charge < -0.3 is 10.1 Å². The van der Waals surface area contributed by atoms with Crippen molar-refractivity contribution in [3.63, 3.8) is 0 Å². The Hall–Kier alpha value is -1.65. The minimum absolute atomic E-state index is 0.256. The Kier molecular flexibility index (Phi) is 4.36. The highest BCUT2D eigenvalue weighted by Gasteiger charge is 2.28. The molecule has 0 radical (unpaired) electrons. The summed E-state index contributed by atoms with van der Waals surface area (Å²) >= 11 is 0. The quantitative estimate of drug-likeness (QED) is 0.905. The highest BCUT2D eigenvalue weighted by molar-refractivity contribution is 5.26. The van der Waals surface area contributed by atoms with Gasteiger partial charge in [0.1, 0.15) is 5.82 Å². The summed E-state index contributed by atoms with van der Waals surface area (Å²) in [6, 6.07) is 8.48. The minimum atomic E-state index is -0.256. The third-order valence-electron chi connectivity index (χ3n) is 4.48. The van der Waals surface area contributed by atoms with Gasteiger partial charge in [-0.2, -0.15) is 0 Å². The van der Waals surface area contributed by atoms with Crippen LogP contribution in [0.4, 0.5) is 0 Å². The molecule has 3 rings (SSSR count). The van der Waals surface area contributed by atoms with Gasteiger partial charge in [0, 0.05) is 18.9 Å². The van der Waals surface area contributed by atoms with Crippen LogP contribution in [-0.2, 0) is 13.0 Å². The van der Waals surface area contributed by atoms with Gasteiger partial charge in [-0.1, -0.05) is 24.3 Å². The Balaban J connectivity index is 1.57. The van der Waals surface area contributed by atoms with Crippen molar-refractivity contribution in [1.82, 2.24) is 14.9 Å². The number of hydrogen-bond donors (Lipinski definition) is 2. The lowest BCUT2D eigenvalue weighted by Crippen LogP contribution is -2.44. The van der Waals surface area contributed by atoms with E-state index in [0.717, 1.165) is 38.3 Å². The summed E-state index contributed by atoms with van der Waals surface area (Å²) in [4.78, 5) is 9.65. The number of imidazole rings is 1. The fourth-order valence-electron chi connectivity index (χ4n) is 3.15. The number of H-pyrrole nitrogens is 1. The molecule has 1 aromatic heterocycles. The number of aliphatic hydroxyl groups is 1. The largest absolute Gasteiger partial charge is 0.391 e. The number of benzene rings is 1. The van der Waals surface area contributed by atoms with E-state index in [4.69, 9.17) is 0 Å². The second-order valence-electron chi connectivity index (χ2n) is 6.02. The van der Waals surface area contributed by atoms with Gasteiger partial charge in [0.25, 0.3) is 0 Å². The molecular weight excluding hydrogens is 262 g/mol. The molecule has 112 valence electrons. The van der Waals surface area contributed by atoms with E-state index in [-0.39, 0.29) is 6.10 Å². The van der Waals surface area contributed by atoms with Crippen LogP contribution in [0.15, 0.2) is 36.7 Å². The van der Waals surface area contributed by atoms with Crippen molar-refractivity contribution in [3.8, 4) is 0 Å². The lowest BCUT2D eigenvalue weighted by molar-refractivity contribution is 0.0178. The van der Waals surface area contributed by atoms with Crippen LogP contribution < -0.4 is 0 Å². The first-order valence-corrected chi connectivity index (χ1v) is 7.65. The van der Waals surface area contributed by atoms with E-state index in [0.29, 0.717) is 5.92 Å². The van der Waals surface area contributed by atoms with Gasteiger partial charge in [0.2, 0.25) is 0 Å². The fraction of sp³-hybridized carbons (Fsp3) is 0.471. The van der Waals surface area contributed by atoms with Gasteiger partial charge in [-0.15, -0.1) is 0 Å². The number of aryl methyl sites for hydroxylation is 1. The zero-order valence-corrected chi connectivity index (χ0v) is 12.5. The Morgan fingerprint density at radius 2 is 2.24 bits per heavy atom. The fourth-order valence-corrected chi connectivity index (χ4v) is 3.15. The van der Waals surface area contributed by atoms with Crippen LogP contribution in [0.3, 0.4) is 0 Å². The first-order valence-electron chi connectivity index (χ1n) is 7.65. The monoisotopic (exact) mass is 285 g/mol. The maximum Gasteiger partial charge on any atom is 0.120 e. The number of rotatable bonds is 4. The van der Waals surface area contributed by atoms with Crippen LogP contribution in [0.25, 0.3) is 0 Å². The van der Waals surface area contributed by atoms with Gasteiger partial charge in [0.05, 0.1) is 12.6 Å². The van der Waals surface area contributed by atoms with Gasteiger partial charge >= 0.3 is 0 Å². The molecule has 1 aliphatic heterocycles. The first kappa shape index (κ1) is 14.3. The number of aliphatic hydroxyl groups excluding tert-OH is 1. The summed E-state index contributed by atoms with van der Waals surface area (Å²) in [5, 5.41) is 10.4. The van der Waals surface area contributed by atoms with Crippen LogP contribution in [-0.4, -0.2) is 39.2 Å². The lowest BCUT2D eigenvalue weighted by atomic mass is 9.86. The van der Waals surface area contributed by atoms with Crippen molar-refractivity contribution in [2.45, 2.75) is 32.4 Å². The second-order valence-corrected chi connectivity index (χ2v) is 6.02. The van der Waals surface area contributed by atoms with Crippen molar-refractivity contribution in [3.05, 3.63) is 53.6 Å². The minimum Gasteiger partial charge on any atom is -0.391 e. The molecule has 2 N–H and O–H groups in total. The third kappa shape index (κ3) is 3.52. The molecule has 1 saturated heterocycles. The maximum atomic E-state index is 10.4. The third-order valence-corrected chi connectivity index (χ3v) is 4.48. The molecule has 2 atom stereocenters. The lowest BCUT2D eigenvalue weighted by Gasteiger charge is -2.35. The number of piperidine rings is 1. The van der Waals surface area contributed by atoms with Crippen LogP contribution in [0.5, 0.6) is 0 Å². The SMILES string of the molecule is Cc1ccccc1C[C@H]1CCN(Cc2ncc[nH]2)C[C@@H]1O. The summed E-state index contributed by atoms with van der Waals surface area (Å²) in [5.41, 5.74) is 2.68. The molecule has 0 amide bonds. The molecule has 1 fully saturated rings. The number of nitrogens with zero attached hydrogens (tertiary/aromatic N) is 2. The summed E-state index contributed by atoms with van der Waals surface area (Å²) in [6.07, 6.45) is 5.37. The van der Waals surface area contributed by atoms with Gasteiger partial charge in [-0.05, 0) is 43.4 Å². The smallest absolute Gasteiger partial charge is 0.120 e. The van der Waals surface area contributed by atoms with E-state index < -0.39 is 0 Å². The molecule has 0 spiro atoms. The zero-order chi connectivity index (χ0) is 14.7. The molecule has 0 aliphatic carbocycles. The highest BCUT2D eigenvalue weighted by Crippen LogP contribution is 2.24. The molecule has 2 aromatic rings. The van der Waals surface area contributed by atoms with E-state index in [1.165, 1.54) is 11.1 Å². The standard InChI is InChI=1S/C17H23N3O/c1-13-4-2-3-5-14(13)10-15-6-9-20(11-16(15)21)12-17-18-7-8-19-17/h2-5,7-8,15-16,21H,6,9-12H2,1H3,(H,18,19)/t15-,16+/m1/s1. The molecule has 1 aliphatic rings. The second kappa shape index (κ2) is 6.41. The highest BCUT2D eigenvalue weighted by atomic mass is 16.3.